The SMILES string of the molecule is O=C(O)c1ccc(Cl)cc1OC1CCOCC1. The van der Waals surface area contributed by atoms with Crippen molar-refractivity contribution in [3.05, 3.63) is 28.8 Å². The molecule has 17 heavy (non-hydrogen) atoms. The first kappa shape index (κ1) is 12.2. The number of halogens is 1. The van der Waals surface area contributed by atoms with Crippen LogP contribution in [0.4, 0.5) is 0 Å². The zero-order valence-electron chi connectivity index (χ0n) is 9.19. The number of carboxylic acid groups (broad SMARTS) is 1. The number of carbonyl (C=O) groups is 1. The molecule has 5 heteroatoms. The molecule has 1 N–H and O–H groups in total. The van der Waals surface area contributed by atoms with E-state index in [2.05, 4.69) is 0 Å². The van der Waals surface area contributed by atoms with E-state index in [1.165, 1.54) is 6.07 Å². The first-order chi connectivity index (χ1) is 8.16. The maximum absolute atomic E-state index is 11.0. The molecule has 0 unspecified atom stereocenters. The Morgan fingerprint density at radius 2 is 2.12 bits per heavy atom. The summed E-state index contributed by atoms with van der Waals surface area (Å²) in [6.45, 7) is 1.29. The number of hydrogen-bond donors (Lipinski definition) is 1. The number of hydrogen-bond acceptors (Lipinski definition) is 3. The van der Waals surface area contributed by atoms with Crippen LogP contribution in [0.5, 0.6) is 5.75 Å². The van der Waals surface area contributed by atoms with Gasteiger partial charge in [0.25, 0.3) is 0 Å². The zero-order chi connectivity index (χ0) is 12.3. The Bertz CT molecular complexity index is 413. The Hall–Kier alpha value is -1.26. The average molecular weight is 257 g/mol. The summed E-state index contributed by atoms with van der Waals surface area (Å²) >= 11 is 5.84. The van der Waals surface area contributed by atoms with Crippen LogP contribution in [0.3, 0.4) is 0 Å². The third kappa shape index (κ3) is 3.11. The number of ether oxygens (including phenoxy) is 2. The minimum Gasteiger partial charge on any atom is -0.489 e. The van der Waals surface area contributed by atoms with Gasteiger partial charge in [0.05, 0.1) is 13.2 Å². The van der Waals surface area contributed by atoms with Crippen molar-refractivity contribution in [1.29, 1.82) is 0 Å². The van der Waals surface area contributed by atoms with Gasteiger partial charge in [-0.1, -0.05) is 11.6 Å². The number of aromatic carboxylic acids is 1. The third-order valence-electron chi connectivity index (χ3n) is 2.64. The smallest absolute Gasteiger partial charge is 0.339 e. The molecule has 1 aliphatic rings. The van der Waals surface area contributed by atoms with Gasteiger partial charge in [-0.25, -0.2) is 4.79 Å². The first-order valence-electron chi connectivity index (χ1n) is 5.44. The summed E-state index contributed by atoms with van der Waals surface area (Å²) < 4.78 is 10.9. The van der Waals surface area contributed by atoms with Gasteiger partial charge in [-0.05, 0) is 18.2 Å². The zero-order valence-corrected chi connectivity index (χ0v) is 9.94. The lowest BCUT2D eigenvalue weighted by molar-refractivity contribution is 0.0248. The van der Waals surface area contributed by atoms with E-state index in [-0.39, 0.29) is 11.7 Å². The Morgan fingerprint density at radius 3 is 2.76 bits per heavy atom. The molecule has 1 heterocycles. The molecule has 4 nitrogen and oxygen atoms in total. The normalized spacial score (nSPS) is 16.8. The lowest BCUT2D eigenvalue weighted by Crippen LogP contribution is -2.26. The minimum absolute atomic E-state index is 0.000293. The second kappa shape index (κ2) is 5.38. The molecule has 1 saturated heterocycles. The highest BCUT2D eigenvalue weighted by Gasteiger charge is 2.19. The molecule has 0 aliphatic carbocycles. The fraction of sp³-hybridized carbons (Fsp3) is 0.417. The Morgan fingerprint density at radius 1 is 1.41 bits per heavy atom. The van der Waals surface area contributed by atoms with Crippen molar-refractivity contribution in [3.63, 3.8) is 0 Å². The Kier molecular flexibility index (Phi) is 3.86. The summed E-state index contributed by atoms with van der Waals surface area (Å²) in [7, 11) is 0. The molecule has 0 atom stereocenters. The van der Waals surface area contributed by atoms with Crippen LogP contribution in [0.15, 0.2) is 18.2 Å². The molecule has 0 bridgehead atoms. The Labute approximate surface area is 104 Å². The van der Waals surface area contributed by atoms with Gasteiger partial charge >= 0.3 is 5.97 Å². The molecule has 1 aromatic carbocycles. The minimum atomic E-state index is -1.01. The molecule has 0 spiro atoms. The van der Waals surface area contributed by atoms with E-state index in [1.54, 1.807) is 12.1 Å². The molecule has 92 valence electrons. The van der Waals surface area contributed by atoms with Crippen LogP contribution in [-0.2, 0) is 4.74 Å². The van der Waals surface area contributed by atoms with E-state index in [4.69, 9.17) is 26.2 Å². The molecule has 1 aromatic rings. The van der Waals surface area contributed by atoms with Crippen molar-refractivity contribution in [2.45, 2.75) is 18.9 Å². The van der Waals surface area contributed by atoms with E-state index in [1.807, 2.05) is 0 Å². The topological polar surface area (TPSA) is 55.8 Å². The second-order valence-corrected chi connectivity index (χ2v) is 4.31. The Balaban J connectivity index is 2.17. The summed E-state index contributed by atoms with van der Waals surface area (Å²) in [5, 5.41) is 9.51. The van der Waals surface area contributed by atoms with Gasteiger partial charge in [0.1, 0.15) is 17.4 Å². The van der Waals surface area contributed by atoms with Gasteiger partial charge in [-0.2, -0.15) is 0 Å². The quantitative estimate of drug-likeness (QED) is 0.903. The van der Waals surface area contributed by atoms with Gasteiger partial charge in [-0.15, -0.1) is 0 Å². The van der Waals surface area contributed by atoms with Gasteiger partial charge in [-0.3, -0.25) is 0 Å². The monoisotopic (exact) mass is 256 g/mol. The first-order valence-corrected chi connectivity index (χ1v) is 5.82. The molecule has 1 aliphatic heterocycles. The highest BCUT2D eigenvalue weighted by molar-refractivity contribution is 6.30. The van der Waals surface area contributed by atoms with Crippen LogP contribution in [-0.4, -0.2) is 30.4 Å². The maximum Gasteiger partial charge on any atom is 0.339 e. The molecular weight excluding hydrogens is 244 g/mol. The third-order valence-corrected chi connectivity index (χ3v) is 2.87. The molecule has 0 radical (unpaired) electrons. The predicted octanol–water partition coefficient (Wildman–Crippen LogP) is 2.60. The van der Waals surface area contributed by atoms with Crippen molar-refractivity contribution >= 4 is 17.6 Å². The second-order valence-electron chi connectivity index (χ2n) is 3.88. The lowest BCUT2D eigenvalue weighted by atomic mass is 10.1. The largest absolute Gasteiger partial charge is 0.489 e. The fourth-order valence-corrected chi connectivity index (χ4v) is 1.91. The van der Waals surface area contributed by atoms with Gasteiger partial charge in [0.15, 0.2) is 0 Å². The lowest BCUT2D eigenvalue weighted by Gasteiger charge is -2.24. The molecular formula is C12H13ClO4. The summed E-state index contributed by atoms with van der Waals surface area (Å²) in [5.41, 5.74) is 0.140. The van der Waals surface area contributed by atoms with Crippen LogP contribution >= 0.6 is 11.6 Å². The highest BCUT2D eigenvalue weighted by atomic mass is 35.5. The number of carboxylic acids is 1. The molecule has 1 fully saturated rings. The molecule has 2 rings (SSSR count). The van der Waals surface area contributed by atoms with Gasteiger partial charge in [0, 0.05) is 17.9 Å². The van der Waals surface area contributed by atoms with Crippen LogP contribution in [0, 0.1) is 0 Å². The van der Waals surface area contributed by atoms with Gasteiger partial charge in [0.2, 0.25) is 0 Å². The number of benzene rings is 1. The van der Waals surface area contributed by atoms with Crippen LogP contribution in [0.1, 0.15) is 23.2 Å². The van der Waals surface area contributed by atoms with Crippen LogP contribution in [0.25, 0.3) is 0 Å². The summed E-state index contributed by atoms with van der Waals surface area (Å²) in [6, 6.07) is 4.54. The van der Waals surface area contributed by atoms with Crippen molar-refractivity contribution < 1.29 is 19.4 Å². The fourth-order valence-electron chi connectivity index (χ4n) is 1.74. The summed E-state index contributed by atoms with van der Waals surface area (Å²) in [6.07, 6.45) is 1.54. The predicted molar refractivity (Wildman–Crippen MR) is 62.9 cm³/mol. The van der Waals surface area contributed by atoms with Crippen molar-refractivity contribution in [1.82, 2.24) is 0 Å². The standard InChI is InChI=1S/C12H13ClO4/c13-8-1-2-10(12(14)15)11(7-8)17-9-3-5-16-6-4-9/h1-2,7,9H,3-6H2,(H,14,15). The number of rotatable bonds is 3. The summed E-state index contributed by atoms with van der Waals surface area (Å²) in [4.78, 5) is 11.0. The molecule has 0 amide bonds. The molecule has 0 saturated carbocycles. The maximum atomic E-state index is 11.0. The summed E-state index contributed by atoms with van der Waals surface area (Å²) in [5.74, 6) is -0.680. The van der Waals surface area contributed by atoms with E-state index >= 15 is 0 Å². The molecule has 0 aromatic heterocycles. The average Bonchev–Trinajstić information content (AvgIpc) is 2.30. The van der Waals surface area contributed by atoms with E-state index < -0.39 is 5.97 Å². The van der Waals surface area contributed by atoms with E-state index in [0.29, 0.717) is 24.0 Å². The van der Waals surface area contributed by atoms with Crippen molar-refractivity contribution in [3.8, 4) is 5.75 Å². The van der Waals surface area contributed by atoms with Crippen LogP contribution < -0.4 is 4.74 Å². The van der Waals surface area contributed by atoms with Crippen molar-refractivity contribution in [2.24, 2.45) is 0 Å². The van der Waals surface area contributed by atoms with Crippen LogP contribution in [0.2, 0.25) is 5.02 Å². The van der Waals surface area contributed by atoms with Gasteiger partial charge < -0.3 is 14.6 Å². The van der Waals surface area contributed by atoms with E-state index in [0.717, 1.165) is 12.8 Å². The van der Waals surface area contributed by atoms with E-state index in [9.17, 15) is 4.79 Å². The van der Waals surface area contributed by atoms with Crippen molar-refractivity contribution in [2.75, 3.05) is 13.2 Å². The highest BCUT2D eigenvalue weighted by Crippen LogP contribution is 2.26.